The Hall–Kier alpha value is -1.59. The molecule has 0 saturated heterocycles. The van der Waals surface area contributed by atoms with E-state index in [-0.39, 0.29) is 0 Å². The zero-order valence-corrected chi connectivity index (χ0v) is 13.2. The van der Waals surface area contributed by atoms with Gasteiger partial charge in [0.05, 0.1) is 6.61 Å². The minimum atomic E-state index is 0.302. The summed E-state index contributed by atoms with van der Waals surface area (Å²) in [6, 6.07) is 0.663. The molecule has 2 N–H and O–H groups in total. The maximum absolute atomic E-state index is 5.39. The summed E-state index contributed by atoms with van der Waals surface area (Å²) in [5.74, 6) is 1.67. The molecule has 2 atom stereocenters. The summed E-state index contributed by atoms with van der Waals surface area (Å²) in [6.45, 7) is 11.9. The van der Waals surface area contributed by atoms with Crippen LogP contribution in [-0.4, -0.2) is 34.1 Å². The van der Waals surface area contributed by atoms with Crippen LogP contribution in [0.3, 0.4) is 0 Å². The van der Waals surface area contributed by atoms with Crippen LogP contribution in [0, 0.1) is 5.92 Å². The molecule has 6 nitrogen and oxygen atoms in total. The van der Waals surface area contributed by atoms with Gasteiger partial charge in [-0.3, -0.25) is 0 Å². The molecular formula is C14H27N5O. The van der Waals surface area contributed by atoms with Crippen LogP contribution in [0.1, 0.15) is 47.5 Å². The Balaban J connectivity index is 2.84. The van der Waals surface area contributed by atoms with Crippen LogP contribution in [0.25, 0.3) is 0 Å². The fourth-order valence-electron chi connectivity index (χ4n) is 1.63. The highest BCUT2D eigenvalue weighted by molar-refractivity contribution is 5.36. The fraction of sp³-hybridized carbons (Fsp3) is 0.786. The normalized spacial score (nSPS) is 13.7. The first-order valence-electron chi connectivity index (χ1n) is 7.49. The lowest BCUT2D eigenvalue weighted by atomic mass is 10.0. The number of ether oxygens (including phenoxy) is 1. The van der Waals surface area contributed by atoms with Crippen molar-refractivity contribution in [2.75, 3.05) is 23.8 Å². The standard InChI is InChI=1S/C14H27N5O/c1-6-9-15-12-17-13(16-11(5)10(4)7-2)19-14(18-12)20-8-3/h10-11H,6-9H2,1-5H3,(H2,15,16,17,18,19). The van der Waals surface area contributed by atoms with Crippen molar-refractivity contribution < 1.29 is 4.74 Å². The van der Waals surface area contributed by atoms with Crippen LogP contribution < -0.4 is 15.4 Å². The number of rotatable bonds is 9. The lowest BCUT2D eigenvalue weighted by molar-refractivity contribution is 0.312. The predicted octanol–water partition coefficient (Wildman–Crippen LogP) is 2.94. The molecule has 0 saturated carbocycles. The topological polar surface area (TPSA) is 72.0 Å². The molecule has 0 aliphatic carbocycles. The Labute approximate surface area is 121 Å². The third-order valence-corrected chi connectivity index (χ3v) is 3.28. The van der Waals surface area contributed by atoms with Crippen LogP contribution in [0.15, 0.2) is 0 Å². The van der Waals surface area contributed by atoms with E-state index in [4.69, 9.17) is 4.74 Å². The van der Waals surface area contributed by atoms with Crippen molar-refractivity contribution in [1.82, 2.24) is 15.0 Å². The Morgan fingerprint density at radius 3 is 2.35 bits per heavy atom. The van der Waals surface area contributed by atoms with Crippen molar-refractivity contribution in [3.05, 3.63) is 0 Å². The highest BCUT2D eigenvalue weighted by Crippen LogP contribution is 2.15. The van der Waals surface area contributed by atoms with Crippen molar-refractivity contribution in [2.24, 2.45) is 5.92 Å². The summed E-state index contributed by atoms with van der Waals surface area (Å²) < 4.78 is 5.39. The van der Waals surface area contributed by atoms with E-state index in [1.807, 2.05) is 6.92 Å². The average molecular weight is 281 g/mol. The maximum atomic E-state index is 5.39. The summed E-state index contributed by atoms with van der Waals surface area (Å²) in [5, 5.41) is 6.49. The molecule has 114 valence electrons. The van der Waals surface area contributed by atoms with Gasteiger partial charge in [0.25, 0.3) is 0 Å². The molecule has 1 aromatic rings. The minimum absolute atomic E-state index is 0.302. The van der Waals surface area contributed by atoms with E-state index >= 15 is 0 Å². The fourth-order valence-corrected chi connectivity index (χ4v) is 1.63. The summed E-state index contributed by atoms with van der Waals surface area (Å²) in [4.78, 5) is 12.9. The van der Waals surface area contributed by atoms with Gasteiger partial charge >= 0.3 is 6.01 Å². The van der Waals surface area contributed by atoms with Crippen LogP contribution >= 0.6 is 0 Å². The van der Waals surface area contributed by atoms with E-state index in [9.17, 15) is 0 Å². The number of nitrogens with one attached hydrogen (secondary N) is 2. The molecular weight excluding hydrogens is 254 g/mol. The molecule has 0 aliphatic heterocycles. The maximum Gasteiger partial charge on any atom is 0.323 e. The van der Waals surface area contributed by atoms with Crippen molar-refractivity contribution in [2.45, 2.75) is 53.5 Å². The van der Waals surface area contributed by atoms with E-state index < -0.39 is 0 Å². The third-order valence-electron chi connectivity index (χ3n) is 3.28. The monoisotopic (exact) mass is 281 g/mol. The number of nitrogens with zero attached hydrogens (tertiary/aromatic N) is 3. The zero-order chi connectivity index (χ0) is 15.0. The van der Waals surface area contributed by atoms with E-state index in [0.717, 1.165) is 19.4 Å². The summed E-state index contributed by atoms with van der Waals surface area (Å²) in [5.41, 5.74) is 0. The molecule has 1 heterocycles. The van der Waals surface area contributed by atoms with Gasteiger partial charge in [-0.2, -0.15) is 15.0 Å². The molecule has 1 rings (SSSR count). The first-order valence-corrected chi connectivity index (χ1v) is 7.49. The molecule has 0 radical (unpaired) electrons. The van der Waals surface area contributed by atoms with Crippen molar-refractivity contribution in [1.29, 1.82) is 0 Å². The quantitative estimate of drug-likeness (QED) is 0.725. The molecule has 20 heavy (non-hydrogen) atoms. The molecule has 0 spiro atoms. The van der Waals surface area contributed by atoms with Crippen LogP contribution in [0.5, 0.6) is 6.01 Å². The first-order chi connectivity index (χ1) is 9.60. The second-order valence-electron chi connectivity index (χ2n) is 4.94. The van der Waals surface area contributed by atoms with E-state index in [1.165, 1.54) is 0 Å². The van der Waals surface area contributed by atoms with Crippen molar-refractivity contribution in [3.63, 3.8) is 0 Å². The highest BCUT2D eigenvalue weighted by Gasteiger charge is 2.13. The van der Waals surface area contributed by atoms with Crippen molar-refractivity contribution in [3.8, 4) is 6.01 Å². The van der Waals surface area contributed by atoms with E-state index in [1.54, 1.807) is 0 Å². The Kier molecular flexibility index (Phi) is 7.04. The van der Waals surface area contributed by atoms with Gasteiger partial charge in [-0.15, -0.1) is 0 Å². The highest BCUT2D eigenvalue weighted by atomic mass is 16.5. The van der Waals surface area contributed by atoms with Crippen LogP contribution in [0.2, 0.25) is 0 Å². The molecule has 2 unspecified atom stereocenters. The van der Waals surface area contributed by atoms with Gasteiger partial charge in [0, 0.05) is 12.6 Å². The first kappa shape index (κ1) is 16.5. The van der Waals surface area contributed by atoms with Gasteiger partial charge in [-0.1, -0.05) is 27.2 Å². The predicted molar refractivity (Wildman–Crippen MR) is 82.3 cm³/mol. The molecule has 6 heteroatoms. The Morgan fingerprint density at radius 2 is 1.75 bits per heavy atom. The molecule has 0 bridgehead atoms. The van der Waals surface area contributed by atoms with Gasteiger partial charge in [-0.05, 0) is 26.2 Å². The largest absolute Gasteiger partial charge is 0.464 e. The van der Waals surface area contributed by atoms with Gasteiger partial charge in [0.2, 0.25) is 11.9 Å². The number of hydrogen-bond acceptors (Lipinski definition) is 6. The number of hydrogen-bond donors (Lipinski definition) is 2. The second-order valence-corrected chi connectivity index (χ2v) is 4.94. The molecule has 0 amide bonds. The van der Waals surface area contributed by atoms with Gasteiger partial charge < -0.3 is 15.4 Å². The molecule has 1 aromatic heterocycles. The van der Waals surface area contributed by atoms with E-state index in [2.05, 4.69) is 53.3 Å². The Morgan fingerprint density at radius 1 is 1.05 bits per heavy atom. The molecule has 0 fully saturated rings. The van der Waals surface area contributed by atoms with Crippen LogP contribution in [0.4, 0.5) is 11.9 Å². The average Bonchev–Trinajstić information content (AvgIpc) is 2.44. The van der Waals surface area contributed by atoms with Gasteiger partial charge in [0.15, 0.2) is 0 Å². The lowest BCUT2D eigenvalue weighted by Gasteiger charge is -2.20. The summed E-state index contributed by atoms with van der Waals surface area (Å²) in [6.07, 6.45) is 2.13. The Bertz CT molecular complexity index is 399. The van der Waals surface area contributed by atoms with E-state index in [0.29, 0.717) is 36.5 Å². The smallest absolute Gasteiger partial charge is 0.323 e. The second kappa shape index (κ2) is 8.55. The van der Waals surface area contributed by atoms with Gasteiger partial charge in [0.1, 0.15) is 0 Å². The molecule has 0 aliphatic rings. The summed E-state index contributed by atoms with van der Waals surface area (Å²) >= 11 is 0. The van der Waals surface area contributed by atoms with Crippen molar-refractivity contribution >= 4 is 11.9 Å². The minimum Gasteiger partial charge on any atom is -0.464 e. The van der Waals surface area contributed by atoms with Gasteiger partial charge in [-0.25, -0.2) is 0 Å². The summed E-state index contributed by atoms with van der Waals surface area (Å²) in [7, 11) is 0. The number of aromatic nitrogens is 3. The zero-order valence-electron chi connectivity index (χ0n) is 13.2. The molecule has 0 aromatic carbocycles. The van der Waals surface area contributed by atoms with Crippen LogP contribution in [-0.2, 0) is 0 Å². The third kappa shape index (κ3) is 5.19. The number of anilines is 2. The lowest BCUT2D eigenvalue weighted by Crippen LogP contribution is -2.25. The SMILES string of the molecule is CCCNc1nc(NC(C)C(C)CC)nc(OCC)n1.